The number of rotatable bonds is 3. The Morgan fingerprint density at radius 3 is 2.82 bits per heavy atom. The van der Waals surface area contributed by atoms with Crippen molar-refractivity contribution in [3.8, 4) is 5.75 Å². The molecule has 4 rings (SSSR count). The van der Waals surface area contributed by atoms with E-state index in [-0.39, 0.29) is 18.0 Å². The van der Waals surface area contributed by atoms with E-state index >= 15 is 0 Å². The fraction of sp³-hybridized carbons (Fsp3) is 0.318. The number of anilines is 1. The van der Waals surface area contributed by atoms with Crippen molar-refractivity contribution in [2.45, 2.75) is 32.7 Å². The number of carbonyl (C=O) groups excluding carboxylic acids is 1. The zero-order valence-corrected chi connectivity index (χ0v) is 16.3. The average molecular weight is 377 g/mol. The molecule has 0 spiro atoms. The smallest absolute Gasteiger partial charge is 0.261 e. The first-order valence-corrected chi connectivity index (χ1v) is 9.43. The molecule has 0 bridgehead atoms. The number of carbonyl (C=O) groups is 1. The number of fused-ring (bicyclic) bond motifs is 2. The second-order valence-corrected chi connectivity index (χ2v) is 7.28. The third-order valence-corrected chi connectivity index (χ3v) is 5.50. The van der Waals surface area contributed by atoms with E-state index in [4.69, 9.17) is 4.74 Å². The fourth-order valence-electron chi connectivity index (χ4n) is 3.91. The van der Waals surface area contributed by atoms with Crippen molar-refractivity contribution in [3.05, 3.63) is 64.2 Å². The summed E-state index contributed by atoms with van der Waals surface area (Å²) in [6.07, 6.45) is 2.33. The zero-order chi connectivity index (χ0) is 19.8. The summed E-state index contributed by atoms with van der Waals surface area (Å²) in [5.74, 6) is 0.882. The Morgan fingerprint density at radius 2 is 2.04 bits per heavy atom. The third-order valence-electron chi connectivity index (χ3n) is 5.50. The van der Waals surface area contributed by atoms with Crippen LogP contribution in [-0.2, 0) is 11.3 Å². The van der Waals surface area contributed by atoms with Crippen molar-refractivity contribution in [1.82, 2.24) is 9.55 Å². The fourth-order valence-corrected chi connectivity index (χ4v) is 3.91. The van der Waals surface area contributed by atoms with Gasteiger partial charge in [0.2, 0.25) is 5.91 Å². The van der Waals surface area contributed by atoms with Gasteiger partial charge in [-0.25, -0.2) is 4.98 Å². The highest BCUT2D eigenvalue weighted by atomic mass is 16.5. The Kier molecular flexibility index (Phi) is 4.63. The van der Waals surface area contributed by atoms with Gasteiger partial charge in [0.25, 0.3) is 5.56 Å². The molecule has 0 unspecified atom stereocenters. The summed E-state index contributed by atoms with van der Waals surface area (Å²) in [4.78, 5) is 32.1. The molecule has 6 nitrogen and oxygen atoms in total. The summed E-state index contributed by atoms with van der Waals surface area (Å²) in [6.45, 7) is 4.62. The largest absolute Gasteiger partial charge is 0.495 e. The Hall–Kier alpha value is -3.15. The summed E-state index contributed by atoms with van der Waals surface area (Å²) < 4.78 is 6.90. The van der Waals surface area contributed by atoms with Crippen molar-refractivity contribution < 1.29 is 9.53 Å². The summed E-state index contributed by atoms with van der Waals surface area (Å²) in [7, 11) is 1.61. The molecule has 0 radical (unpaired) electrons. The van der Waals surface area contributed by atoms with Gasteiger partial charge in [-0.1, -0.05) is 31.2 Å². The lowest BCUT2D eigenvalue weighted by atomic mass is 9.91. The molecular formula is C22H23N3O3. The second-order valence-electron chi connectivity index (χ2n) is 7.28. The number of aromatic nitrogens is 2. The van der Waals surface area contributed by atoms with Gasteiger partial charge in [-0.2, -0.15) is 0 Å². The molecule has 1 aromatic heterocycles. The molecule has 3 aromatic rings. The first-order chi connectivity index (χ1) is 13.5. The van der Waals surface area contributed by atoms with Gasteiger partial charge in [0.1, 0.15) is 12.3 Å². The first kappa shape index (κ1) is 18.2. The Balaban J connectivity index is 1.71. The van der Waals surface area contributed by atoms with Crippen LogP contribution in [0.2, 0.25) is 0 Å². The van der Waals surface area contributed by atoms with E-state index in [1.165, 1.54) is 10.9 Å². The summed E-state index contributed by atoms with van der Waals surface area (Å²) in [5.41, 5.74) is 3.32. The Labute approximate surface area is 163 Å². The molecule has 1 amide bonds. The van der Waals surface area contributed by atoms with Crippen LogP contribution in [0.15, 0.2) is 47.5 Å². The molecule has 0 aliphatic carbocycles. The number of nitrogens with zero attached hydrogens (tertiary/aromatic N) is 3. The number of para-hydroxylation sites is 2. The van der Waals surface area contributed by atoms with Crippen LogP contribution < -0.4 is 15.2 Å². The molecule has 0 N–H and O–H groups in total. The van der Waals surface area contributed by atoms with E-state index < -0.39 is 0 Å². The zero-order valence-electron chi connectivity index (χ0n) is 16.3. The first-order valence-electron chi connectivity index (χ1n) is 9.43. The van der Waals surface area contributed by atoms with Gasteiger partial charge in [-0.15, -0.1) is 0 Å². The minimum atomic E-state index is -0.201. The van der Waals surface area contributed by atoms with Crippen LogP contribution >= 0.6 is 0 Å². The molecule has 2 heterocycles. The average Bonchev–Trinajstić information content (AvgIpc) is 2.70. The number of hydrogen-bond donors (Lipinski definition) is 0. The van der Waals surface area contributed by atoms with E-state index in [0.29, 0.717) is 29.1 Å². The van der Waals surface area contributed by atoms with Crippen molar-refractivity contribution in [2.75, 3.05) is 18.6 Å². The maximum absolute atomic E-state index is 13.1. The predicted molar refractivity (Wildman–Crippen MR) is 109 cm³/mol. The van der Waals surface area contributed by atoms with Gasteiger partial charge in [-0.05, 0) is 42.5 Å². The summed E-state index contributed by atoms with van der Waals surface area (Å²) >= 11 is 0. The Bertz CT molecular complexity index is 1120. The maximum Gasteiger partial charge on any atom is 0.261 e. The van der Waals surface area contributed by atoms with E-state index in [9.17, 15) is 9.59 Å². The SMILES string of the molecule is COc1cccc2c1N(C(=O)Cn1cnc3c(C)cccc3c1=O)CC[C@H]2C. The third kappa shape index (κ3) is 2.95. The van der Waals surface area contributed by atoms with E-state index in [2.05, 4.69) is 11.9 Å². The molecule has 6 heteroatoms. The van der Waals surface area contributed by atoms with Crippen LogP contribution in [0.1, 0.15) is 30.4 Å². The molecule has 28 heavy (non-hydrogen) atoms. The monoisotopic (exact) mass is 377 g/mol. The van der Waals surface area contributed by atoms with Crippen LogP contribution in [0, 0.1) is 6.92 Å². The lowest BCUT2D eigenvalue weighted by Crippen LogP contribution is -2.40. The van der Waals surface area contributed by atoms with Gasteiger partial charge in [0.15, 0.2) is 0 Å². The summed E-state index contributed by atoms with van der Waals surface area (Å²) in [5, 5.41) is 0.528. The number of hydrogen-bond acceptors (Lipinski definition) is 4. The van der Waals surface area contributed by atoms with Crippen LogP contribution in [0.3, 0.4) is 0 Å². The van der Waals surface area contributed by atoms with Crippen molar-refractivity contribution in [2.24, 2.45) is 0 Å². The lowest BCUT2D eigenvalue weighted by Gasteiger charge is -2.34. The maximum atomic E-state index is 13.1. The molecule has 0 fully saturated rings. The van der Waals surface area contributed by atoms with Crippen molar-refractivity contribution in [1.29, 1.82) is 0 Å². The van der Waals surface area contributed by atoms with Crippen LogP contribution in [0.4, 0.5) is 5.69 Å². The minimum Gasteiger partial charge on any atom is -0.495 e. The molecule has 144 valence electrons. The highest BCUT2D eigenvalue weighted by Crippen LogP contribution is 2.41. The van der Waals surface area contributed by atoms with E-state index in [1.54, 1.807) is 18.1 Å². The highest BCUT2D eigenvalue weighted by molar-refractivity contribution is 5.96. The van der Waals surface area contributed by atoms with E-state index in [1.807, 2.05) is 37.3 Å². The summed E-state index contributed by atoms with van der Waals surface area (Å²) in [6, 6.07) is 11.3. The standard InChI is InChI=1S/C22H23N3O3/c1-14-10-11-25(21-16(14)7-5-9-18(21)28-3)19(26)12-24-13-23-20-15(2)6-4-8-17(20)22(24)27/h4-9,13-14H,10-12H2,1-3H3/t14-/m1/s1. The quantitative estimate of drug-likeness (QED) is 0.703. The van der Waals surface area contributed by atoms with Crippen molar-refractivity contribution >= 4 is 22.5 Å². The van der Waals surface area contributed by atoms with Crippen LogP contribution in [0.5, 0.6) is 5.75 Å². The van der Waals surface area contributed by atoms with Gasteiger partial charge in [-0.3, -0.25) is 14.2 Å². The van der Waals surface area contributed by atoms with Crippen LogP contribution in [-0.4, -0.2) is 29.1 Å². The topological polar surface area (TPSA) is 64.4 Å². The second kappa shape index (κ2) is 7.11. The van der Waals surface area contributed by atoms with Gasteiger partial charge in [0, 0.05) is 6.54 Å². The number of amides is 1. The van der Waals surface area contributed by atoms with E-state index in [0.717, 1.165) is 23.2 Å². The molecule has 2 aromatic carbocycles. The Morgan fingerprint density at radius 1 is 1.25 bits per heavy atom. The van der Waals surface area contributed by atoms with Gasteiger partial charge < -0.3 is 9.64 Å². The number of methoxy groups -OCH3 is 1. The minimum absolute atomic E-state index is 0.0540. The lowest BCUT2D eigenvalue weighted by molar-refractivity contribution is -0.119. The molecule has 1 atom stereocenters. The number of ether oxygens (including phenoxy) is 1. The highest BCUT2D eigenvalue weighted by Gasteiger charge is 2.29. The predicted octanol–water partition coefficient (Wildman–Crippen LogP) is 3.25. The van der Waals surface area contributed by atoms with Gasteiger partial charge in [0.05, 0.1) is 30.0 Å². The van der Waals surface area contributed by atoms with Crippen molar-refractivity contribution in [3.63, 3.8) is 0 Å². The molecular weight excluding hydrogens is 354 g/mol. The molecule has 1 aliphatic heterocycles. The van der Waals surface area contributed by atoms with Crippen LogP contribution in [0.25, 0.3) is 10.9 Å². The van der Waals surface area contributed by atoms with Gasteiger partial charge >= 0.3 is 0 Å². The molecule has 1 aliphatic rings. The number of aryl methyl sites for hydroxylation is 1. The number of benzene rings is 2. The normalized spacial score (nSPS) is 16.1. The molecule has 0 saturated carbocycles. The molecule has 0 saturated heterocycles.